The van der Waals surface area contributed by atoms with E-state index in [1.54, 1.807) is 6.07 Å². The second-order valence-corrected chi connectivity index (χ2v) is 8.24. The van der Waals surface area contributed by atoms with E-state index in [0.29, 0.717) is 31.0 Å². The number of fused-ring (bicyclic) bond motifs is 1. The highest BCUT2D eigenvalue weighted by atomic mass is 19.4. The molecule has 0 saturated heterocycles. The monoisotopic (exact) mass is 456 g/mol. The number of benzene rings is 1. The Hall–Kier alpha value is -3.46. The molecule has 3 aliphatic rings. The van der Waals surface area contributed by atoms with Gasteiger partial charge >= 0.3 is 6.18 Å². The predicted molar refractivity (Wildman–Crippen MR) is 119 cm³/mol. The van der Waals surface area contributed by atoms with Gasteiger partial charge in [-0.1, -0.05) is 30.4 Å². The Balaban J connectivity index is 1.50. The van der Waals surface area contributed by atoms with Gasteiger partial charge in [-0.2, -0.15) is 13.2 Å². The molecule has 0 saturated carbocycles. The maximum absolute atomic E-state index is 14.3. The summed E-state index contributed by atoms with van der Waals surface area (Å²) < 4.78 is 48.3. The molecule has 1 aliphatic carbocycles. The number of hydrogen-bond acceptors (Lipinski definition) is 4. The van der Waals surface area contributed by atoms with Gasteiger partial charge in [0.25, 0.3) is 5.91 Å². The number of anilines is 1. The van der Waals surface area contributed by atoms with Gasteiger partial charge in [0.15, 0.2) is 5.60 Å². The second-order valence-electron chi connectivity index (χ2n) is 8.24. The van der Waals surface area contributed by atoms with Crippen LogP contribution in [0.25, 0.3) is 10.9 Å². The van der Waals surface area contributed by atoms with Gasteiger partial charge in [-0.15, -0.1) is 0 Å². The summed E-state index contributed by atoms with van der Waals surface area (Å²) in [6.45, 7) is 1.10. The molecule has 1 aromatic heterocycles. The minimum Gasteiger partial charge on any atom is -0.363 e. The first kappa shape index (κ1) is 21.4. The molecule has 0 spiro atoms. The van der Waals surface area contributed by atoms with Crippen molar-refractivity contribution in [2.24, 2.45) is 0 Å². The maximum Gasteiger partial charge on any atom is 0.416 e. The molecular weight excluding hydrogens is 433 g/mol. The number of rotatable bonds is 4. The number of para-hydroxylation sites is 1. The molecule has 3 heterocycles. The van der Waals surface area contributed by atoms with Gasteiger partial charge in [-0.3, -0.25) is 14.8 Å². The molecule has 1 aromatic carbocycles. The minimum atomic E-state index is -4.75. The highest BCUT2D eigenvalue weighted by Crippen LogP contribution is 2.48. The molecule has 1 unspecified atom stereocenters. The summed E-state index contributed by atoms with van der Waals surface area (Å²) in [7, 11) is 1.15. The molecule has 2 aliphatic heterocycles. The van der Waals surface area contributed by atoms with Crippen molar-refractivity contribution in [1.82, 2.24) is 15.0 Å². The third-order valence-electron chi connectivity index (χ3n) is 6.35. The number of carbonyl (C=O) groups excluding carboxylic acids is 1. The van der Waals surface area contributed by atoms with Crippen LogP contribution in [-0.2, 0) is 9.53 Å². The van der Waals surface area contributed by atoms with Crippen LogP contribution in [-0.4, -0.2) is 52.9 Å². The van der Waals surface area contributed by atoms with Gasteiger partial charge < -0.3 is 15.0 Å². The smallest absolute Gasteiger partial charge is 0.363 e. The zero-order valence-corrected chi connectivity index (χ0v) is 17.9. The third-order valence-corrected chi connectivity index (χ3v) is 6.35. The fourth-order valence-corrected chi connectivity index (χ4v) is 4.73. The maximum atomic E-state index is 14.3. The normalized spacial score (nSPS) is 22.7. The van der Waals surface area contributed by atoms with Gasteiger partial charge in [0, 0.05) is 37.2 Å². The number of alkyl halides is 3. The first-order valence-corrected chi connectivity index (χ1v) is 10.6. The van der Waals surface area contributed by atoms with Crippen LogP contribution < -0.4 is 5.32 Å². The first-order chi connectivity index (χ1) is 15.8. The van der Waals surface area contributed by atoms with E-state index in [-0.39, 0.29) is 6.42 Å². The van der Waals surface area contributed by atoms with E-state index in [0.717, 1.165) is 29.7 Å². The zero-order chi connectivity index (χ0) is 23.2. The highest BCUT2D eigenvalue weighted by Gasteiger charge is 2.57. The lowest BCUT2D eigenvalue weighted by Crippen LogP contribution is -2.52. The largest absolute Gasteiger partial charge is 0.416 e. The van der Waals surface area contributed by atoms with Crippen molar-refractivity contribution in [3.05, 3.63) is 77.7 Å². The van der Waals surface area contributed by atoms with Crippen LogP contribution in [0, 0.1) is 0 Å². The van der Waals surface area contributed by atoms with Crippen LogP contribution >= 0.6 is 0 Å². The van der Waals surface area contributed by atoms with Crippen molar-refractivity contribution in [2.45, 2.75) is 24.6 Å². The number of carbonyl (C=O) groups is 1. The van der Waals surface area contributed by atoms with E-state index in [4.69, 9.17) is 4.74 Å². The molecule has 2 aromatic rings. The summed E-state index contributed by atoms with van der Waals surface area (Å²) in [5.41, 5.74) is -1.17. The molecular formula is C24H23F3N4O2. The topological polar surface area (TPSA) is 60.6 Å². The molecule has 1 atom stereocenters. The van der Waals surface area contributed by atoms with Gasteiger partial charge in [-0.25, -0.2) is 0 Å². The predicted octanol–water partition coefficient (Wildman–Crippen LogP) is 4.64. The summed E-state index contributed by atoms with van der Waals surface area (Å²) in [6, 6.07) is 9.04. The molecule has 172 valence electrons. The van der Waals surface area contributed by atoms with E-state index >= 15 is 0 Å². The number of amides is 1. The number of aromatic amines is 1. The molecule has 2 N–H and O–H groups in total. The van der Waals surface area contributed by atoms with Gasteiger partial charge in [0.2, 0.25) is 0 Å². The van der Waals surface area contributed by atoms with Gasteiger partial charge in [-0.05, 0) is 36.3 Å². The van der Waals surface area contributed by atoms with Crippen molar-refractivity contribution in [3.63, 3.8) is 0 Å². The van der Waals surface area contributed by atoms with Crippen LogP contribution in [0.5, 0.6) is 0 Å². The summed E-state index contributed by atoms with van der Waals surface area (Å²) in [6.07, 6.45) is 4.21. The lowest BCUT2D eigenvalue weighted by Gasteiger charge is -2.39. The van der Waals surface area contributed by atoms with Crippen molar-refractivity contribution in [3.8, 4) is 0 Å². The molecule has 1 amide bonds. The van der Waals surface area contributed by atoms with Crippen molar-refractivity contribution in [2.75, 3.05) is 25.5 Å². The van der Waals surface area contributed by atoms with E-state index in [1.165, 1.54) is 0 Å². The van der Waals surface area contributed by atoms with E-state index in [1.807, 2.05) is 58.7 Å². The first-order valence-electron chi connectivity index (χ1n) is 10.6. The number of nitrogens with one attached hydrogen (secondary N) is 2. The van der Waals surface area contributed by atoms with Crippen molar-refractivity contribution >= 4 is 22.6 Å². The Morgan fingerprint density at radius 2 is 2.06 bits per heavy atom. The Morgan fingerprint density at radius 3 is 2.76 bits per heavy atom. The fourth-order valence-electron chi connectivity index (χ4n) is 4.73. The second kappa shape index (κ2) is 7.84. The fraction of sp³-hybridized carbons (Fsp3) is 0.292. The standard InChI is InChI=1S/C24H23F3N4O2/c1-33-23(22(32)29-21-13-16-7-3-4-8-18(16)28-21)15-17-9-12-31(30-10-5-2-6-11-30)19(17)14-20(23)24(25,26)27/h2-8,10,13-14,28H,9,11-12,15H2,1H3,(H,29,32). The molecule has 0 bridgehead atoms. The van der Waals surface area contributed by atoms with E-state index < -0.39 is 23.3 Å². The number of methoxy groups -OCH3 is 1. The zero-order valence-electron chi connectivity index (χ0n) is 17.9. The van der Waals surface area contributed by atoms with Gasteiger partial charge in [0.05, 0.1) is 17.8 Å². The van der Waals surface area contributed by atoms with Crippen LogP contribution in [0.15, 0.2) is 77.7 Å². The number of aromatic nitrogens is 1. The Bertz CT molecular complexity index is 1190. The molecule has 5 rings (SSSR count). The molecule has 9 heteroatoms. The number of hydrogen-bond donors (Lipinski definition) is 2. The average molecular weight is 456 g/mol. The van der Waals surface area contributed by atoms with Gasteiger partial charge in [0.1, 0.15) is 5.82 Å². The van der Waals surface area contributed by atoms with Crippen LogP contribution in [0.2, 0.25) is 0 Å². The average Bonchev–Trinajstić information content (AvgIpc) is 3.40. The number of allylic oxidation sites excluding steroid dienone is 3. The van der Waals surface area contributed by atoms with E-state index in [2.05, 4.69) is 10.3 Å². The lowest BCUT2D eigenvalue weighted by atomic mass is 9.80. The number of nitrogens with zero attached hydrogens (tertiary/aromatic N) is 2. The summed E-state index contributed by atoms with van der Waals surface area (Å²) in [5, 5.41) is 7.17. The molecule has 0 fully saturated rings. The van der Waals surface area contributed by atoms with Crippen LogP contribution in [0.3, 0.4) is 0 Å². The summed E-state index contributed by atoms with van der Waals surface area (Å²) in [5.74, 6) is -0.539. The highest BCUT2D eigenvalue weighted by molar-refractivity contribution is 6.01. The molecule has 6 nitrogen and oxygen atoms in total. The summed E-state index contributed by atoms with van der Waals surface area (Å²) in [4.78, 5) is 16.4. The Morgan fingerprint density at radius 1 is 1.24 bits per heavy atom. The van der Waals surface area contributed by atoms with E-state index in [9.17, 15) is 18.0 Å². The minimum absolute atomic E-state index is 0.167. The molecule has 0 radical (unpaired) electrons. The quantitative estimate of drug-likeness (QED) is 0.704. The van der Waals surface area contributed by atoms with Crippen LogP contribution in [0.4, 0.5) is 19.0 Å². The Labute approximate surface area is 188 Å². The third kappa shape index (κ3) is 3.62. The number of hydrazine groups is 1. The number of H-pyrrole nitrogens is 1. The SMILES string of the molecule is COC1(C(=O)Nc2cc3ccccc3[nH]2)CC2=C(C=C1C(F)(F)F)N(N1C=CC=CC1)CC2. The Kier molecular flexibility index (Phi) is 5.08. The number of ether oxygens (including phenoxy) is 1. The molecule has 33 heavy (non-hydrogen) atoms. The van der Waals surface area contributed by atoms with Crippen molar-refractivity contribution in [1.29, 1.82) is 0 Å². The van der Waals surface area contributed by atoms with Crippen molar-refractivity contribution < 1.29 is 22.7 Å². The summed E-state index contributed by atoms with van der Waals surface area (Å²) >= 11 is 0. The lowest BCUT2D eigenvalue weighted by molar-refractivity contribution is -0.151. The number of halogens is 3. The van der Waals surface area contributed by atoms with Crippen LogP contribution in [0.1, 0.15) is 12.8 Å².